The van der Waals surface area contributed by atoms with Crippen molar-refractivity contribution in [3.05, 3.63) is 60.2 Å². The fourth-order valence-corrected chi connectivity index (χ4v) is 3.25. The Bertz CT molecular complexity index is 791. The molecule has 1 N–H and O–H groups in total. The van der Waals surface area contributed by atoms with E-state index in [9.17, 15) is 9.59 Å². The predicted molar refractivity (Wildman–Crippen MR) is 118 cm³/mol. The van der Waals surface area contributed by atoms with Crippen molar-refractivity contribution in [1.82, 2.24) is 5.32 Å². The average Bonchev–Trinajstić information content (AvgIpc) is 2.67. The second-order valence-corrected chi connectivity index (χ2v) is 8.54. The van der Waals surface area contributed by atoms with Gasteiger partial charge in [-0.25, -0.2) is 0 Å². The molecule has 1 unspecified atom stereocenters. The molecule has 29 heavy (non-hydrogen) atoms. The first-order chi connectivity index (χ1) is 13.7. The zero-order valence-electron chi connectivity index (χ0n) is 18.2. The Labute approximate surface area is 174 Å². The Kier molecular flexibility index (Phi) is 8.15. The van der Waals surface area contributed by atoms with Crippen LogP contribution in [0.4, 0.5) is 0 Å². The Morgan fingerprint density at radius 1 is 0.966 bits per heavy atom. The van der Waals surface area contributed by atoms with E-state index in [1.807, 2.05) is 49.4 Å². The lowest BCUT2D eigenvalue weighted by Gasteiger charge is -2.27. The summed E-state index contributed by atoms with van der Waals surface area (Å²) in [5.74, 6) is -1.44. The van der Waals surface area contributed by atoms with Crippen LogP contribution in [0.15, 0.2) is 54.6 Å². The van der Waals surface area contributed by atoms with Crippen molar-refractivity contribution >= 4 is 11.8 Å². The van der Waals surface area contributed by atoms with Crippen LogP contribution in [0.25, 0.3) is 11.1 Å². The molecule has 0 fully saturated rings. The number of hydrogen-bond acceptors (Lipinski definition) is 4. The summed E-state index contributed by atoms with van der Waals surface area (Å²) in [5, 5.41) is 3.38. The highest BCUT2D eigenvalue weighted by molar-refractivity contribution is 6.00. The molecule has 0 aliphatic rings. The van der Waals surface area contributed by atoms with Gasteiger partial charge in [0.2, 0.25) is 0 Å². The second kappa shape index (κ2) is 10.4. The topological polar surface area (TPSA) is 55.4 Å². The zero-order valence-corrected chi connectivity index (χ0v) is 18.2. The van der Waals surface area contributed by atoms with Gasteiger partial charge in [0, 0.05) is 12.0 Å². The molecule has 0 amide bonds. The highest BCUT2D eigenvalue weighted by atomic mass is 16.5. The third-order valence-corrected chi connectivity index (χ3v) is 4.85. The third kappa shape index (κ3) is 7.13. The van der Waals surface area contributed by atoms with Gasteiger partial charge in [0.1, 0.15) is 5.92 Å². The average molecular weight is 396 g/mol. The number of benzene rings is 2. The molecule has 2 rings (SSSR count). The Morgan fingerprint density at radius 2 is 1.55 bits per heavy atom. The molecule has 0 bridgehead atoms. The summed E-state index contributed by atoms with van der Waals surface area (Å²) < 4.78 is 5.21. The number of hydrogen-bond donors (Lipinski definition) is 1. The molecule has 4 nitrogen and oxygen atoms in total. The van der Waals surface area contributed by atoms with Gasteiger partial charge in [-0.15, -0.1) is 0 Å². The highest BCUT2D eigenvalue weighted by Gasteiger charge is 2.33. The van der Waals surface area contributed by atoms with Crippen molar-refractivity contribution in [3.8, 4) is 11.1 Å². The lowest BCUT2D eigenvalue weighted by atomic mass is 9.86. The van der Waals surface area contributed by atoms with E-state index in [4.69, 9.17) is 4.74 Å². The quantitative estimate of drug-likeness (QED) is 0.495. The Morgan fingerprint density at radius 3 is 2.10 bits per heavy atom. The van der Waals surface area contributed by atoms with Gasteiger partial charge in [-0.3, -0.25) is 9.59 Å². The number of carbonyl (C=O) groups is 2. The molecular weight excluding hydrogens is 362 g/mol. The fourth-order valence-electron chi connectivity index (χ4n) is 3.25. The van der Waals surface area contributed by atoms with Crippen LogP contribution in [0, 0.1) is 11.8 Å². The van der Waals surface area contributed by atoms with Crippen LogP contribution in [-0.2, 0) is 20.7 Å². The third-order valence-electron chi connectivity index (χ3n) is 4.85. The first kappa shape index (κ1) is 22.8. The monoisotopic (exact) mass is 395 g/mol. The van der Waals surface area contributed by atoms with Crippen molar-refractivity contribution in [2.45, 2.75) is 46.6 Å². The van der Waals surface area contributed by atoms with Gasteiger partial charge in [-0.05, 0) is 56.8 Å². The molecule has 156 valence electrons. The van der Waals surface area contributed by atoms with Crippen LogP contribution in [0.5, 0.6) is 0 Å². The van der Waals surface area contributed by atoms with E-state index in [-0.39, 0.29) is 30.3 Å². The normalized spacial score (nSPS) is 13.6. The van der Waals surface area contributed by atoms with Crippen LogP contribution < -0.4 is 5.32 Å². The lowest BCUT2D eigenvalue weighted by molar-refractivity contribution is -0.153. The summed E-state index contributed by atoms with van der Waals surface area (Å²) >= 11 is 0. The summed E-state index contributed by atoms with van der Waals surface area (Å²) in [7, 11) is 0. The maximum atomic E-state index is 13.0. The number of ketones is 1. The molecule has 0 heterocycles. The van der Waals surface area contributed by atoms with Crippen molar-refractivity contribution in [2.24, 2.45) is 11.8 Å². The van der Waals surface area contributed by atoms with Gasteiger partial charge >= 0.3 is 5.97 Å². The fraction of sp³-hybridized carbons (Fsp3) is 0.440. The smallest absolute Gasteiger partial charge is 0.316 e. The number of Topliss-reactive ketones (excluding diaryl/α,β-unsaturated/α-hetero) is 1. The van der Waals surface area contributed by atoms with Gasteiger partial charge in [0.25, 0.3) is 0 Å². The summed E-state index contributed by atoms with van der Waals surface area (Å²) in [5.41, 5.74) is 3.06. The molecule has 0 spiro atoms. The zero-order chi connectivity index (χ0) is 21.4. The molecule has 0 saturated heterocycles. The number of carbonyl (C=O) groups excluding carboxylic acids is 2. The Hall–Kier alpha value is -2.46. The minimum Gasteiger partial charge on any atom is -0.465 e. The van der Waals surface area contributed by atoms with E-state index >= 15 is 0 Å². The van der Waals surface area contributed by atoms with Crippen LogP contribution >= 0.6 is 0 Å². The molecule has 2 atom stereocenters. The number of rotatable bonds is 9. The van der Waals surface area contributed by atoms with Crippen molar-refractivity contribution in [2.75, 3.05) is 13.2 Å². The van der Waals surface area contributed by atoms with Crippen molar-refractivity contribution in [3.63, 3.8) is 0 Å². The van der Waals surface area contributed by atoms with E-state index in [0.29, 0.717) is 6.54 Å². The molecule has 2 aromatic rings. The molecule has 0 aliphatic heterocycles. The van der Waals surface area contributed by atoms with Gasteiger partial charge in [-0.1, -0.05) is 61.5 Å². The van der Waals surface area contributed by atoms with Crippen LogP contribution in [0.3, 0.4) is 0 Å². The maximum absolute atomic E-state index is 13.0. The van der Waals surface area contributed by atoms with Gasteiger partial charge in [0.15, 0.2) is 5.78 Å². The van der Waals surface area contributed by atoms with Crippen LogP contribution in [0.1, 0.15) is 40.2 Å². The summed E-state index contributed by atoms with van der Waals surface area (Å²) in [6.07, 6.45) is 0.221. The minimum atomic E-state index is -0.765. The van der Waals surface area contributed by atoms with Gasteiger partial charge in [0.05, 0.1) is 6.61 Å². The summed E-state index contributed by atoms with van der Waals surface area (Å²) in [6, 6.07) is 18.1. The van der Waals surface area contributed by atoms with Gasteiger partial charge in [-0.2, -0.15) is 0 Å². The largest absolute Gasteiger partial charge is 0.465 e. The van der Waals surface area contributed by atoms with Crippen LogP contribution in [0.2, 0.25) is 0 Å². The highest BCUT2D eigenvalue weighted by Crippen LogP contribution is 2.22. The van der Waals surface area contributed by atoms with E-state index < -0.39 is 11.9 Å². The van der Waals surface area contributed by atoms with E-state index in [0.717, 1.165) is 16.7 Å². The van der Waals surface area contributed by atoms with E-state index in [1.54, 1.807) is 6.92 Å². The van der Waals surface area contributed by atoms with Crippen molar-refractivity contribution in [1.29, 1.82) is 0 Å². The number of ether oxygens (including phenoxy) is 1. The second-order valence-electron chi connectivity index (χ2n) is 8.54. The van der Waals surface area contributed by atoms with Crippen LogP contribution in [-0.4, -0.2) is 30.4 Å². The number of esters is 1. The molecule has 0 saturated carbocycles. The maximum Gasteiger partial charge on any atom is 0.316 e. The molecule has 0 aliphatic carbocycles. The molecule has 0 aromatic heterocycles. The number of nitrogens with one attached hydrogen (secondary N) is 1. The molecule has 0 radical (unpaired) electrons. The van der Waals surface area contributed by atoms with E-state index in [2.05, 4.69) is 38.2 Å². The first-order valence-corrected chi connectivity index (χ1v) is 10.3. The van der Waals surface area contributed by atoms with E-state index in [1.165, 1.54) is 0 Å². The SMILES string of the molecule is CCOC(=O)C(C(=O)Cc1ccc(-c2ccccc2)cc1)[C@@H](C)CNC(C)(C)C. The lowest BCUT2D eigenvalue weighted by Crippen LogP contribution is -2.43. The summed E-state index contributed by atoms with van der Waals surface area (Å²) in [6.45, 7) is 10.7. The molecule has 2 aromatic carbocycles. The molecule has 4 heteroatoms. The first-order valence-electron chi connectivity index (χ1n) is 10.3. The standard InChI is InChI=1S/C25H33NO3/c1-6-29-24(28)23(18(2)17-26-25(3,4)5)22(27)16-19-12-14-21(15-13-19)20-10-8-7-9-11-20/h7-15,18,23,26H,6,16-17H2,1-5H3/t18-,23?/m0/s1. The Balaban J connectivity index is 2.11. The summed E-state index contributed by atoms with van der Waals surface area (Å²) in [4.78, 5) is 25.5. The molecular formula is C25H33NO3. The minimum absolute atomic E-state index is 0.0796. The van der Waals surface area contributed by atoms with Crippen molar-refractivity contribution < 1.29 is 14.3 Å². The predicted octanol–water partition coefficient (Wildman–Crippen LogP) is 4.67. The van der Waals surface area contributed by atoms with Gasteiger partial charge < -0.3 is 10.1 Å².